The van der Waals surface area contributed by atoms with Crippen molar-refractivity contribution in [2.24, 2.45) is 0 Å². The zero-order valence-electron chi connectivity index (χ0n) is 9.23. The molecule has 16 heavy (non-hydrogen) atoms. The number of aromatic nitrogens is 2. The van der Waals surface area contributed by atoms with E-state index in [9.17, 15) is 9.59 Å². The average Bonchev–Trinajstić information content (AvgIpc) is 2.84. The number of imidazole rings is 1. The van der Waals surface area contributed by atoms with Gasteiger partial charge in [0.15, 0.2) is 0 Å². The van der Waals surface area contributed by atoms with E-state index in [2.05, 4.69) is 9.97 Å². The predicted octanol–water partition coefficient (Wildman–Crippen LogP) is 1.18. The Labute approximate surface area is 93.2 Å². The fourth-order valence-corrected chi connectivity index (χ4v) is 1.86. The summed E-state index contributed by atoms with van der Waals surface area (Å²) in [5, 5.41) is 0. The van der Waals surface area contributed by atoms with Crippen LogP contribution in [0.25, 0.3) is 0 Å². The number of nitrogens with one attached hydrogen (secondary N) is 1. The molecule has 0 saturated heterocycles. The second-order valence-electron chi connectivity index (χ2n) is 3.74. The van der Waals surface area contributed by atoms with E-state index in [1.54, 1.807) is 19.3 Å². The molecule has 2 amide bonds. The first-order valence-corrected chi connectivity index (χ1v) is 5.20. The summed E-state index contributed by atoms with van der Waals surface area (Å²) in [7, 11) is 0. The molecule has 0 bridgehead atoms. The number of amides is 2. The highest BCUT2D eigenvalue weighted by Crippen LogP contribution is 2.26. The molecule has 0 radical (unpaired) electrons. The fourth-order valence-electron chi connectivity index (χ4n) is 1.86. The van der Waals surface area contributed by atoms with Crippen molar-refractivity contribution in [3.05, 3.63) is 29.9 Å². The molecule has 1 aromatic rings. The van der Waals surface area contributed by atoms with Crippen LogP contribution in [0, 0.1) is 0 Å². The Morgan fingerprint density at radius 3 is 2.69 bits per heavy atom. The largest absolute Gasteiger partial charge is 0.347 e. The first-order valence-electron chi connectivity index (χ1n) is 5.20. The smallest absolute Gasteiger partial charge is 0.257 e. The maximum Gasteiger partial charge on any atom is 0.257 e. The van der Waals surface area contributed by atoms with E-state index in [-0.39, 0.29) is 17.9 Å². The van der Waals surface area contributed by atoms with Crippen molar-refractivity contribution in [1.29, 1.82) is 0 Å². The molecule has 1 aromatic heterocycles. The molecule has 0 aromatic carbocycles. The van der Waals surface area contributed by atoms with Gasteiger partial charge in [-0.05, 0) is 13.3 Å². The van der Waals surface area contributed by atoms with Crippen LogP contribution in [0.1, 0.15) is 32.1 Å². The minimum atomic E-state index is -0.302. The Kier molecular flexibility index (Phi) is 2.60. The topological polar surface area (TPSA) is 66.1 Å². The normalized spacial score (nSPS) is 17.9. The van der Waals surface area contributed by atoms with Gasteiger partial charge in [-0.1, -0.05) is 6.92 Å². The quantitative estimate of drug-likeness (QED) is 0.776. The van der Waals surface area contributed by atoms with Crippen molar-refractivity contribution < 1.29 is 9.59 Å². The maximum absolute atomic E-state index is 11.8. The molecular weight excluding hydrogens is 206 g/mol. The van der Waals surface area contributed by atoms with Gasteiger partial charge in [0.25, 0.3) is 11.8 Å². The van der Waals surface area contributed by atoms with E-state index in [1.807, 2.05) is 6.92 Å². The Balaban J connectivity index is 2.31. The number of nitrogens with zero attached hydrogens (tertiary/aromatic N) is 2. The average molecular weight is 219 g/mol. The molecule has 5 nitrogen and oxygen atoms in total. The number of rotatable bonds is 3. The SMILES string of the molecule is CCC(c1ncc[nH]1)N1C(=O)C=C(C)C1=O. The molecule has 5 heteroatoms. The van der Waals surface area contributed by atoms with Crippen LogP contribution < -0.4 is 0 Å². The highest BCUT2D eigenvalue weighted by molar-refractivity contribution is 6.16. The summed E-state index contributed by atoms with van der Waals surface area (Å²) in [5.74, 6) is 0.159. The van der Waals surface area contributed by atoms with Crippen LogP contribution in [-0.4, -0.2) is 26.7 Å². The summed E-state index contributed by atoms with van der Waals surface area (Å²) >= 11 is 0. The molecule has 1 unspecified atom stereocenters. The van der Waals surface area contributed by atoms with E-state index in [1.165, 1.54) is 11.0 Å². The van der Waals surface area contributed by atoms with Crippen LogP contribution in [0.3, 0.4) is 0 Å². The van der Waals surface area contributed by atoms with Crippen LogP contribution in [0.15, 0.2) is 24.0 Å². The summed E-state index contributed by atoms with van der Waals surface area (Å²) in [5.41, 5.74) is 0.481. The third-order valence-corrected chi connectivity index (χ3v) is 2.67. The molecule has 1 aliphatic heterocycles. The third-order valence-electron chi connectivity index (χ3n) is 2.67. The molecule has 2 heterocycles. The lowest BCUT2D eigenvalue weighted by atomic mass is 10.2. The molecule has 0 saturated carbocycles. The van der Waals surface area contributed by atoms with E-state index in [4.69, 9.17) is 0 Å². The van der Waals surface area contributed by atoms with Crippen LogP contribution in [0.5, 0.6) is 0 Å². The number of hydrogen-bond acceptors (Lipinski definition) is 3. The van der Waals surface area contributed by atoms with E-state index in [0.717, 1.165) is 0 Å². The van der Waals surface area contributed by atoms with Gasteiger partial charge < -0.3 is 4.98 Å². The van der Waals surface area contributed by atoms with Crippen molar-refractivity contribution >= 4 is 11.8 Å². The molecule has 1 atom stereocenters. The summed E-state index contributed by atoms with van der Waals surface area (Å²) in [6, 6.07) is -0.302. The summed E-state index contributed by atoms with van der Waals surface area (Å²) < 4.78 is 0. The van der Waals surface area contributed by atoms with Gasteiger partial charge in [-0.25, -0.2) is 4.98 Å². The maximum atomic E-state index is 11.8. The van der Waals surface area contributed by atoms with E-state index in [0.29, 0.717) is 17.8 Å². The lowest BCUT2D eigenvalue weighted by molar-refractivity contribution is -0.140. The number of imide groups is 1. The molecule has 84 valence electrons. The highest BCUT2D eigenvalue weighted by Gasteiger charge is 2.35. The third kappa shape index (κ3) is 1.54. The summed E-state index contributed by atoms with van der Waals surface area (Å²) in [6.45, 7) is 3.57. The van der Waals surface area contributed by atoms with Gasteiger partial charge in [-0.3, -0.25) is 14.5 Å². The molecule has 0 spiro atoms. The van der Waals surface area contributed by atoms with E-state index >= 15 is 0 Å². The van der Waals surface area contributed by atoms with Gasteiger partial charge in [0.1, 0.15) is 5.82 Å². The molecule has 1 N–H and O–H groups in total. The van der Waals surface area contributed by atoms with Gasteiger partial charge in [0.05, 0.1) is 6.04 Å². The predicted molar refractivity (Wildman–Crippen MR) is 57.2 cm³/mol. The van der Waals surface area contributed by atoms with Crippen LogP contribution in [-0.2, 0) is 9.59 Å². The Morgan fingerprint density at radius 1 is 1.50 bits per heavy atom. The number of carbonyl (C=O) groups is 2. The van der Waals surface area contributed by atoms with Gasteiger partial charge in [-0.2, -0.15) is 0 Å². The molecular formula is C11H13N3O2. The molecule has 0 fully saturated rings. The Hall–Kier alpha value is -1.91. The van der Waals surface area contributed by atoms with Crippen LogP contribution in [0.2, 0.25) is 0 Å². The van der Waals surface area contributed by atoms with Crippen molar-refractivity contribution in [2.75, 3.05) is 0 Å². The van der Waals surface area contributed by atoms with Gasteiger partial charge >= 0.3 is 0 Å². The van der Waals surface area contributed by atoms with Gasteiger partial charge in [-0.15, -0.1) is 0 Å². The standard InChI is InChI=1S/C11H13N3O2/c1-3-8(10-12-4-5-13-10)14-9(15)6-7(2)11(14)16/h4-6,8H,3H2,1-2H3,(H,12,13). The molecule has 1 aliphatic rings. The minimum Gasteiger partial charge on any atom is -0.347 e. The van der Waals surface area contributed by atoms with Crippen molar-refractivity contribution in [1.82, 2.24) is 14.9 Å². The van der Waals surface area contributed by atoms with Gasteiger partial charge in [0, 0.05) is 24.0 Å². The summed E-state index contributed by atoms with van der Waals surface area (Å²) in [6.07, 6.45) is 5.31. The van der Waals surface area contributed by atoms with Crippen molar-refractivity contribution in [3.8, 4) is 0 Å². The number of aromatic amines is 1. The second-order valence-corrected chi connectivity index (χ2v) is 3.74. The zero-order valence-corrected chi connectivity index (χ0v) is 9.23. The first kappa shape index (κ1) is 10.6. The number of hydrogen-bond donors (Lipinski definition) is 1. The van der Waals surface area contributed by atoms with Gasteiger partial charge in [0.2, 0.25) is 0 Å². The lowest BCUT2D eigenvalue weighted by Crippen LogP contribution is -2.35. The summed E-state index contributed by atoms with van der Waals surface area (Å²) in [4.78, 5) is 31.8. The van der Waals surface area contributed by atoms with Crippen molar-refractivity contribution in [2.45, 2.75) is 26.3 Å². The number of H-pyrrole nitrogens is 1. The fraction of sp³-hybridized carbons (Fsp3) is 0.364. The lowest BCUT2D eigenvalue weighted by Gasteiger charge is -2.23. The highest BCUT2D eigenvalue weighted by atomic mass is 16.2. The van der Waals surface area contributed by atoms with E-state index < -0.39 is 0 Å². The first-order chi connectivity index (χ1) is 7.65. The second kappa shape index (κ2) is 3.92. The molecule has 0 aliphatic carbocycles. The van der Waals surface area contributed by atoms with Crippen LogP contribution >= 0.6 is 0 Å². The zero-order chi connectivity index (χ0) is 11.7. The Morgan fingerprint density at radius 2 is 2.25 bits per heavy atom. The number of carbonyl (C=O) groups excluding carboxylic acids is 2. The minimum absolute atomic E-state index is 0.228. The monoisotopic (exact) mass is 219 g/mol. The van der Waals surface area contributed by atoms with Crippen molar-refractivity contribution in [3.63, 3.8) is 0 Å². The molecule has 2 rings (SSSR count). The van der Waals surface area contributed by atoms with Crippen LogP contribution in [0.4, 0.5) is 0 Å². The Bertz CT molecular complexity index is 448.